The van der Waals surface area contributed by atoms with Crippen molar-refractivity contribution in [2.75, 3.05) is 32.7 Å². The molecule has 1 N–H and O–H groups in total. The summed E-state index contributed by atoms with van der Waals surface area (Å²) in [5, 5.41) is 3.11. The molecule has 5 heteroatoms. The molecule has 1 aliphatic rings. The molecule has 0 bridgehead atoms. The van der Waals surface area contributed by atoms with Gasteiger partial charge in [0.05, 0.1) is 0 Å². The maximum atomic E-state index is 12.6. The van der Waals surface area contributed by atoms with Gasteiger partial charge in [-0.2, -0.15) is 0 Å². The molecular formula is C23H32N4O. The fourth-order valence-corrected chi connectivity index (χ4v) is 4.00. The molecule has 150 valence electrons. The van der Waals surface area contributed by atoms with E-state index in [2.05, 4.69) is 53.3 Å². The number of pyridine rings is 1. The molecule has 1 saturated heterocycles. The van der Waals surface area contributed by atoms with E-state index in [1.165, 1.54) is 17.5 Å². The van der Waals surface area contributed by atoms with Gasteiger partial charge in [-0.25, -0.2) is 4.79 Å². The molecule has 1 aromatic carbocycles. The fraction of sp³-hybridized carbons (Fsp3) is 0.478. The van der Waals surface area contributed by atoms with E-state index in [-0.39, 0.29) is 6.03 Å². The number of aryl methyl sites for hydroxylation is 1. The zero-order chi connectivity index (χ0) is 19.8. The quantitative estimate of drug-likeness (QED) is 0.758. The first-order valence-electron chi connectivity index (χ1n) is 10.4. The van der Waals surface area contributed by atoms with Crippen molar-refractivity contribution in [2.45, 2.75) is 39.2 Å². The summed E-state index contributed by atoms with van der Waals surface area (Å²) in [7, 11) is 0. The number of hydrogen-bond donors (Lipinski definition) is 1. The minimum absolute atomic E-state index is 0.0142. The molecule has 0 unspecified atom stereocenters. The Hall–Kier alpha value is -2.40. The average Bonchev–Trinajstić information content (AvgIpc) is 3.17. The predicted octanol–water partition coefficient (Wildman–Crippen LogP) is 3.80. The van der Waals surface area contributed by atoms with Crippen LogP contribution < -0.4 is 5.32 Å². The zero-order valence-electron chi connectivity index (χ0n) is 17.1. The molecule has 28 heavy (non-hydrogen) atoms. The Morgan fingerprint density at radius 2 is 2.14 bits per heavy atom. The van der Waals surface area contributed by atoms with Gasteiger partial charge >= 0.3 is 6.03 Å². The van der Waals surface area contributed by atoms with E-state index >= 15 is 0 Å². The molecule has 1 fully saturated rings. The van der Waals surface area contributed by atoms with E-state index in [4.69, 9.17) is 0 Å². The molecule has 5 nitrogen and oxygen atoms in total. The third kappa shape index (κ3) is 5.55. The van der Waals surface area contributed by atoms with Crippen molar-refractivity contribution >= 4 is 6.03 Å². The Morgan fingerprint density at radius 3 is 2.89 bits per heavy atom. The summed E-state index contributed by atoms with van der Waals surface area (Å²) < 4.78 is 0. The van der Waals surface area contributed by atoms with Gasteiger partial charge in [-0.3, -0.25) is 4.98 Å². The number of nitrogens with one attached hydrogen (secondary N) is 1. The lowest BCUT2D eigenvalue weighted by Crippen LogP contribution is -2.42. The van der Waals surface area contributed by atoms with Gasteiger partial charge in [0.15, 0.2) is 0 Å². The lowest BCUT2D eigenvalue weighted by Gasteiger charge is -2.23. The minimum atomic E-state index is 0.0142. The number of likely N-dealkylation sites (tertiary alicyclic amines) is 1. The van der Waals surface area contributed by atoms with Gasteiger partial charge in [0, 0.05) is 45.1 Å². The third-order valence-corrected chi connectivity index (χ3v) is 5.48. The van der Waals surface area contributed by atoms with Gasteiger partial charge in [0.25, 0.3) is 0 Å². The van der Waals surface area contributed by atoms with Crippen LogP contribution in [0, 0.1) is 6.92 Å². The molecule has 1 aromatic heterocycles. The molecule has 2 amide bonds. The van der Waals surface area contributed by atoms with Crippen molar-refractivity contribution in [3.05, 3.63) is 65.5 Å². The smallest absolute Gasteiger partial charge is 0.317 e. The summed E-state index contributed by atoms with van der Waals surface area (Å²) in [5.41, 5.74) is 3.92. The second-order valence-corrected chi connectivity index (χ2v) is 7.66. The molecule has 1 atom stereocenters. The van der Waals surface area contributed by atoms with E-state index in [0.717, 1.165) is 38.2 Å². The van der Waals surface area contributed by atoms with Crippen molar-refractivity contribution in [1.29, 1.82) is 0 Å². The first kappa shape index (κ1) is 20.3. The van der Waals surface area contributed by atoms with Gasteiger partial charge in [-0.05, 0) is 55.0 Å². The van der Waals surface area contributed by atoms with Crippen LogP contribution in [-0.2, 0) is 6.54 Å². The number of urea groups is 1. The Morgan fingerprint density at radius 1 is 1.29 bits per heavy atom. The summed E-state index contributed by atoms with van der Waals surface area (Å²) in [4.78, 5) is 21.1. The van der Waals surface area contributed by atoms with Crippen molar-refractivity contribution in [2.24, 2.45) is 0 Å². The maximum absolute atomic E-state index is 12.6. The summed E-state index contributed by atoms with van der Waals surface area (Å²) in [6.45, 7) is 9.42. The highest BCUT2D eigenvalue weighted by molar-refractivity contribution is 5.74. The average molecular weight is 381 g/mol. The van der Waals surface area contributed by atoms with Crippen LogP contribution in [0.1, 0.15) is 42.4 Å². The lowest BCUT2D eigenvalue weighted by atomic mass is 9.94. The number of hydrogen-bond acceptors (Lipinski definition) is 3. The second-order valence-electron chi connectivity index (χ2n) is 7.66. The van der Waals surface area contributed by atoms with E-state index in [0.29, 0.717) is 19.0 Å². The standard InChI is InChI=1S/C23H32N4O/c1-3-13-27(17-20-8-6-11-24-16-20)23(28)25-12-15-26-14-10-21(18-26)22-9-5-4-7-19(22)2/h4-9,11,16,21H,3,10,12-15,17-18H2,1-2H3,(H,25,28)/t21-/m1/s1. The number of amides is 2. The van der Waals surface area contributed by atoms with Gasteiger partial charge in [-0.15, -0.1) is 0 Å². The highest BCUT2D eigenvalue weighted by Crippen LogP contribution is 2.28. The number of carbonyl (C=O) groups is 1. The lowest BCUT2D eigenvalue weighted by molar-refractivity contribution is 0.193. The van der Waals surface area contributed by atoms with Crippen molar-refractivity contribution in [1.82, 2.24) is 20.1 Å². The molecule has 2 heterocycles. The number of aromatic nitrogens is 1. The van der Waals surface area contributed by atoms with E-state index in [9.17, 15) is 4.79 Å². The van der Waals surface area contributed by atoms with Crippen molar-refractivity contribution in [3.63, 3.8) is 0 Å². The molecule has 2 aromatic rings. The molecule has 1 aliphatic heterocycles. The Balaban J connectivity index is 1.44. The second kappa shape index (κ2) is 10.2. The topological polar surface area (TPSA) is 48.5 Å². The van der Waals surface area contributed by atoms with Crippen LogP contribution in [-0.4, -0.2) is 53.5 Å². The Kier molecular flexibility index (Phi) is 7.43. The van der Waals surface area contributed by atoms with Gasteiger partial charge < -0.3 is 15.1 Å². The number of rotatable bonds is 8. The van der Waals surface area contributed by atoms with Crippen LogP contribution >= 0.6 is 0 Å². The van der Waals surface area contributed by atoms with Crippen LogP contribution in [0.25, 0.3) is 0 Å². The van der Waals surface area contributed by atoms with E-state index in [1.54, 1.807) is 6.20 Å². The molecule has 0 spiro atoms. The molecular weight excluding hydrogens is 348 g/mol. The summed E-state index contributed by atoms with van der Waals surface area (Å²) in [6, 6.07) is 12.6. The van der Waals surface area contributed by atoms with Gasteiger partial charge in [0.1, 0.15) is 0 Å². The van der Waals surface area contributed by atoms with Crippen molar-refractivity contribution < 1.29 is 4.79 Å². The number of nitrogens with zero attached hydrogens (tertiary/aromatic N) is 3. The molecule has 0 radical (unpaired) electrons. The minimum Gasteiger partial charge on any atom is -0.337 e. The third-order valence-electron chi connectivity index (χ3n) is 5.48. The van der Waals surface area contributed by atoms with Gasteiger partial charge in [-0.1, -0.05) is 37.3 Å². The fourth-order valence-electron chi connectivity index (χ4n) is 4.00. The molecule has 0 aliphatic carbocycles. The zero-order valence-corrected chi connectivity index (χ0v) is 17.1. The molecule has 3 rings (SSSR count). The van der Waals surface area contributed by atoms with Crippen LogP contribution in [0.2, 0.25) is 0 Å². The first-order valence-corrected chi connectivity index (χ1v) is 10.4. The Labute approximate surface area is 168 Å². The summed E-state index contributed by atoms with van der Waals surface area (Å²) >= 11 is 0. The summed E-state index contributed by atoms with van der Waals surface area (Å²) in [6.07, 6.45) is 5.72. The van der Waals surface area contributed by atoms with Crippen LogP contribution in [0.5, 0.6) is 0 Å². The van der Waals surface area contributed by atoms with E-state index in [1.807, 2.05) is 23.2 Å². The van der Waals surface area contributed by atoms with Crippen LogP contribution in [0.3, 0.4) is 0 Å². The van der Waals surface area contributed by atoms with Crippen molar-refractivity contribution in [3.8, 4) is 0 Å². The normalized spacial score (nSPS) is 16.9. The molecule has 0 saturated carbocycles. The van der Waals surface area contributed by atoms with Gasteiger partial charge in [0.2, 0.25) is 0 Å². The Bertz CT molecular complexity index is 749. The van der Waals surface area contributed by atoms with Crippen LogP contribution in [0.15, 0.2) is 48.8 Å². The number of benzene rings is 1. The predicted molar refractivity (Wildman–Crippen MR) is 113 cm³/mol. The largest absolute Gasteiger partial charge is 0.337 e. The maximum Gasteiger partial charge on any atom is 0.317 e. The monoisotopic (exact) mass is 380 g/mol. The first-order chi connectivity index (χ1) is 13.7. The van der Waals surface area contributed by atoms with E-state index < -0.39 is 0 Å². The highest BCUT2D eigenvalue weighted by atomic mass is 16.2. The van der Waals surface area contributed by atoms with Crippen LogP contribution in [0.4, 0.5) is 4.79 Å². The SMILES string of the molecule is CCCN(Cc1cccnc1)C(=O)NCCN1CC[C@@H](c2ccccc2C)C1. The number of carbonyl (C=O) groups excluding carboxylic acids is 1. The highest BCUT2D eigenvalue weighted by Gasteiger charge is 2.24. The summed E-state index contributed by atoms with van der Waals surface area (Å²) in [5.74, 6) is 0.610.